The number of hydrogen-bond acceptors (Lipinski definition) is 3. The van der Waals surface area contributed by atoms with E-state index in [9.17, 15) is 4.79 Å². The van der Waals surface area contributed by atoms with E-state index in [1.807, 2.05) is 43.0 Å². The average molecular weight is 251 g/mol. The molecule has 0 aromatic heterocycles. The van der Waals surface area contributed by atoms with Crippen LogP contribution in [0.4, 0.5) is 0 Å². The van der Waals surface area contributed by atoms with Crippen molar-refractivity contribution in [3.63, 3.8) is 0 Å². The highest BCUT2D eigenvalue weighted by atomic mass is 16.5. The van der Waals surface area contributed by atoms with Crippen molar-refractivity contribution in [2.24, 2.45) is 0 Å². The number of nitrogens with zero attached hydrogens (tertiary/aromatic N) is 1. The van der Waals surface area contributed by atoms with E-state index in [0.29, 0.717) is 6.61 Å². The molecule has 4 nitrogen and oxygen atoms in total. The van der Waals surface area contributed by atoms with Crippen LogP contribution in [0.25, 0.3) is 0 Å². The molecule has 0 spiro atoms. The maximum absolute atomic E-state index is 10.6. The second kappa shape index (κ2) is 7.71. The highest BCUT2D eigenvalue weighted by Gasteiger charge is 2.06. The molecule has 18 heavy (non-hydrogen) atoms. The van der Waals surface area contributed by atoms with Gasteiger partial charge in [-0.15, -0.1) is 0 Å². The first-order valence-electron chi connectivity index (χ1n) is 6.25. The van der Waals surface area contributed by atoms with Crippen molar-refractivity contribution in [3.05, 3.63) is 29.8 Å². The topological polar surface area (TPSA) is 49.8 Å². The van der Waals surface area contributed by atoms with Crippen molar-refractivity contribution in [2.45, 2.75) is 20.3 Å². The van der Waals surface area contributed by atoms with Gasteiger partial charge in [-0.2, -0.15) is 0 Å². The smallest absolute Gasteiger partial charge is 0.317 e. The number of benzene rings is 1. The molecule has 0 amide bonds. The van der Waals surface area contributed by atoms with Crippen molar-refractivity contribution in [3.8, 4) is 5.75 Å². The maximum atomic E-state index is 10.6. The minimum Gasteiger partial charge on any atom is -0.494 e. The second-order valence-electron chi connectivity index (χ2n) is 4.28. The fourth-order valence-corrected chi connectivity index (χ4v) is 1.72. The first kappa shape index (κ1) is 14.5. The minimum absolute atomic E-state index is 0.0982. The summed E-state index contributed by atoms with van der Waals surface area (Å²) in [6.45, 7) is 6.19. The highest BCUT2D eigenvalue weighted by molar-refractivity contribution is 5.69. The van der Waals surface area contributed by atoms with Gasteiger partial charge in [-0.1, -0.05) is 19.1 Å². The zero-order valence-electron chi connectivity index (χ0n) is 11.1. The Labute approximate surface area is 108 Å². The van der Waals surface area contributed by atoms with E-state index in [2.05, 4.69) is 0 Å². The van der Waals surface area contributed by atoms with Gasteiger partial charge in [0.1, 0.15) is 5.75 Å². The Kier molecular flexibility index (Phi) is 6.22. The maximum Gasteiger partial charge on any atom is 0.317 e. The molecule has 0 bridgehead atoms. The van der Waals surface area contributed by atoms with Crippen molar-refractivity contribution >= 4 is 5.97 Å². The first-order chi connectivity index (χ1) is 8.61. The minimum atomic E-state index is -0.781. The molecule has 0 saturated carbocycles. The molecule has 0 aliphatic heterocycles. The van der Waals surface area contributed by atoms with Gasteiger partial charge in [0, 0.05) is 6.54 Å². The molecule has 0 saturated heterocycles. The standard InChI is InChI=1S/C14H21NO3/c1-3-15(11-14(16)17)8-5-9-18-13-7-4-6-12(2)10-13/h4,6-7,10H,3,5,8-9,11H2,1-2H3,(H,16,17). The quantitative estimate of drug-likeness (QED) is 0.719. The molecule has 0 fully saturated rings. The zero-order valence-corrected chi connectivity index (χ0v) is 11.1. The number of aryl methyl sites for hydroxylation is 1. The lowest BCUT2D eigenvalue weighted by atomic mass is 10.2. The van der Waals surface area contributed by atoms with Crippen molar-refractivity contribution in [1.29, 1.82) is 0 Å². The van der Waals surface area contributed by atoms with Crippen LogP contribution < -0.4 is 4.74 Å². The van der Waals surface area contributed by atoms with Crippen LogP contribution in [0.15, 0.2) is 24.3 Å². The molecule has 1 aromatic rings. The number of carboxylic acid groups (broad SMARTS) is 1. The molecule has 100 valence electrons. The van der Waals surface area contributed by atoms with Gasteiger partial charge in [0.15, 0.2) is 0 Å². The van der Waals surface area contributed by atoms with Gasteiger partial charge in [-0.05, 0) is 37.6 Å². The lowest BCUT2D eigenvalue weighted by Gasteiger charge is -2.17. The monoisotopic (exact) mass is 251 g/mol. The molecule has 0 heterocycles. The van der Waals surface area contributed by atoms with Gasteiger partial charge in [0.25, 0.3) is 0 Å². The average Bonchev–Trinajstić information content (AvgIpc) is 2.32. The molecule has 0 atom stereocenters. The SMILES string of the molecule is CCN(CCCOc1cccc(C)c1)CC(=O)O. The summed E-state index contributed by atoms with van der Waals surface area (Å²) in [4.78, 5) is 12.5. The second-order valence-corrected chi connectivity index (χ2v) is 4.28. The number of aliphatic carboxylic acids is 1. The Balaban J connectivity index is 2.23. The predicted octanol–water partition coefficient (Wildman–Crippen LogP) is 2.17. The molecule has 1 rings (SSSR count). The molecule has 0 aliphatic carbocycles. The summed E-state index contributed by atoms with van der Waals surface area (Å²) in [7, 11) is 0. The summed E-state index contributed by atoms with van der Waals surface area (Å²) in [5.74, 6) is 0.0905. The van der Waals surface area contributed by atoms with Crippen LogP contribution in [0.1, 0.15) is 18.9 Å². The van der Waals surface area contributed by atoms with E-state index >= 15 is 0 Å². The number of likely N-dealkylation sites (N-methyl/N-ethyl adjacent to an activating group) is 1. The number of carboxylic acids is 1. The van der Waals surface area contributed by atoms with Crippen LogP contribution in [0.2, 0.25) is 0 Å². The molecule has 1 N–H and O–H groups in total. The fraction of sp³-hybridized carbons (Fsp3) is 0.500. The van der Waals surface area contributed by atoms with Crippen LogP contribution >= 0.6 is 0 Å². The van der Waals surface area contributed by atoms with Gasteiger partial charge < -0.3 is 9.84 Å². The fourth-order valence-electron chi connectivity index (χ4n) is 1.72. The summed E-state index contributed by atoms with van der Waals surface area (Å²) < 4.78 is 5.61. The van der Waals surface area contributed by atoms with Crippen LogP contribution in [0.3, 0.4) is 0 Å². The lowest BCUT2D eigenvalue weighted by molar-refractivity contribution is -0.138. The number of hydrogen-bond donors (Lipinski definition) is 1. The Morgan fingerprint density at radius 2 is 2.22 bits per heavy atom. The van der Waals surface area contributed by atoms with Crippen LogP contribution in [0, 0.1) is 6.92 Å². The number of carbonyl (C=O) groups is 1. The molecule has 0 unspecified atom stereocenters. The Hall–Kier alpha value is -1.55. The molecular formula is C14H21NO3. The summed E-state index contributed by atoms with van der Waals surface area (Å²) in [6.07, 6.45) is 0.828. The molecular weight excluding hydrogens is 230 g/mol. The molecule has 0 aliphatic rings. The van der Waals surface area contributed by atoms with E-state index in [1.165, 1.54) is 5.56 Å². The van der Waals surface area contributed by atoms with Gasteiger partial charge >= 0.3 is 5.97 Å². The zero-order chi connectivity index (χ0) is 13.4. The van der Waals surface area contributed by atoms with Gasteiger partial charge in [-0.25, -0.2) is 0 Å². The summed E-state index contributed by atoms with van der Waals surface area (Å²) in [6, 6.07) is 7.92. The molecule has 4 heteroatoms. The third-order valence-corrected chi connectivity index (χ3v) is 2.68. The molecule has 1 aromatic carbocycles. The third-order valence-electron chi connectivity index (χ3n) is 2.68. The highest BCUT2D eigenvalue weighted by Crippen LogP contribution is 2.12. The van der Waals surface area contributed by atoms with E-state index < -0.39 is 5.97 Å². The Morgan fingerprint density at radius 3 is 2.83 bits per heavy atom. The van der Waals surface area contributed by atoms with Crippen LogP contribution in [-0.4, -0.2) is 42.2 Å². The van der Waals surface area contributed by atoms with Gasteiger partial charge in [0.05, 0.1) is 13.2 Å². The van der Waals surface area contributed by atoms with Crippen molar-refractivity contribution in [2.75, 3.05) is 26.2 Å². The van der Waals surface area contributed by atoms with Crippen molar-refractivity contribution in [1.82, 2.24) is 4.90 Å². The van der Waals surface area contributed by atoms with Gasteiger partial charge in [-0.3, -0.25) is 9.69 Å². The molecule has 0 radical (unpaired) electrons. The Bertz CT molecular complexity index is 379. The van der Waals surface area contributed by atoms with Crippen molar-refractivity contribution < 1.29 is 14.6 Å². The number of rotatable bonds is 8. The van der Waals surface area contributed by atoms with E-state index in [1.54, 1.807) is 0 Å². The predicted molar refractivity (Wildman–Crippen MR) is 71.0 cm³/mol. The van der Waals surface area contributed by atoms with Crippen LogP contribution in [-0.2, 0) is 4.79 Å². The lowest BCUT2D eigenvalue weighted by Crippen LogP contribution is -2.31. The summed E-state index contributed by atoms with van der Waals surface area (Å²) in [5.41, 5.74) is 1.17. The van der Waals surface area contributed by atoms with Crippen LogP contribution in [0.5, 0.6) is 5.75 Å². The van der Waals surface area contributed by atoms with E-state index in [-0.39, 0.29) is 6.54 Å². The van der Waals surface area contributed by atoms with E-state index in [0.717, 1.165) is 25.3 Å². The summed E-state index contributed by atoms with van der Waals surface area (Å²) >= 11 is 0. The normalized spacial score (nSPS) is 10.6. The third kappa shape index (κ3) is 5.68. The van der Waals surface area contributed by atoms with Gasteiger partial charge in [0.2, 0.25) is 0 Å². The largest absolute Gasteiger partial charge is 0.494 e. The Morgan fingerprint density at radius 1 is 1.44 bits per heavy atom. The number of ether oxygens (including phenoxy) is 1. The first-order valence-corrected chi connectivity index (χ1v) is 6.25. The van der Waals surface area contributed by atoms with E-state index in [4.69, 9.17) is 9.84 Å². The summed E-state index contributed by atoms with van der Waals surface area (Å²) in [5, 5.41) is 8.71.